The van der Waals surface area contributed by atoms with Crippen LogP contribution in [0.5, 0.6) is 11.5 Å². The van der Waals surface area contributed by atoms with Crippen LogP contribution < -0.4 is 5.73 Å². The summed E-state index contributed by atoms with van der Waals surface area (Å²) in [5, 5.41) is 23.8. The van der Waals surface area contributed by atoms with Crippen molar-refractivity contribution in [3.05, 3.63) is 59.8 Å². The zero-order chi connectivity index (χ0) is 16.6. The van der Waals surface area contributed by atoms with Gasteiger partial charge in [-0.1, -0.05) is 18.2 Å². The van der Waals surface area contributed by atoms with Crippen molar-refractivity contribution >= 4 is 5.91 Å². The number of phenolic OH excluding ortho intramolecular Hbond substituents is 2. The molecule has 0 radical (unpaired) electrons. The lowest BCUT2D eigenvalue weighted by Crippen LogP contribution is -2.17. The molecule has 0 bridgehead atoms. The fourth-order valence-corrected chi connectivity index (χ4v) is 2.41. The topological polar surface area (TPSA) is 101 Å². The Labute approximate surface area is 132 Å². The minimum Gasteiger partial charge on any atom is -0.508 e. The van der Waals surface area contributed by atoms with Gasteiger partial charge in [0.1, 0.15) is 17.2 Å². The van der Waals surface area contributed by atoms with Crippen LogP contribution in [0.3, 0.4) is 0 Å². The molecule has 2 aromatic carbocycles. The summed E-state index contributed by atoms with van der Waals surface area (Å²) in [5.74, 6) is -0.805. The summed E-state index contributed by atoms with van der Waals surface area (Å²) in [5.41, 5.74) is 8.11. The fourth-order valence-electron chi connectivity index (χ4n) is 2.41. The van der Waals surface area contributed by atoms with Crippen LogP contribution in [0.4, 0.5) is 0 Å². The first-order chi connectivity index (χ1) is 11.0. The van der Waals surface area contributed by atoms with Crippen LogP contribution in [0.25, 0.3) is 16.9 Å². The molecule has 0 aliphatic rings. The number of amides is 1. The second kappa shape index (κ2) is 5.49. The summed E-state index contributed by atoms with van der Waals surface area (Å²) in [7, 11) is 0. The van der Waals surface area contributed by atoms with Gasteiger partial charge in [-0.15, -0.1) is 0 Å². The number of phenols is 2. The molecule has 4 N–H and O–H groups in total. The van der Waals surface area contributed by atoms with E-state index in [0.29, 0.717) is 11.3 Å². The Morgan fingerprint density at radius 2 is 1.87 bits per heavy atom. The lowest BCUT2D eigenvalue weighted by atomic mass is 10.1. The van der Waals surface area contributed by atoms with Gasteiger partial charge in [-0.2, -0.15) is 5.10 Å². The first-order valence-electron chi connectivity index (χ1n) is 6.95. The number of carbonyl (C=O) groups excluding carboxylic acids is 1. The molecule has 6 nitrogen and oxygen atoms in total. The van der Waals surface area contributed by atoms with E-state index >= 15 is 0 Å². The van der Waals surface area contributed by atoms with E-state index in [1.807, 2.05) is 31.2 Å². The minimum absolute atomic E-state index is 0.0558. The number of aryl methyl sites for hydroxylation is 1. The number of primary amides is 1. The summed E-state index contributed by atoms with van der Waals surface area (Å²) in [6, 6.07) is 13.2. The van der Waals surface area contributed by atoms with Crippen molar-refractivity contribution < 1.29 is 15.0 Å². The maximum Gasteiger partial charge on any atom is 0.267 e. The van der Waals surface area contributed by atoms with Crippen LogP contribution in [0.1, 0.15) is 16.1 Å². The SMILES string of the molecule is Cc1ccccc1-n1nc(-c2ccc(O)cc2O)cc1C(N)=O. The molecule has 3 aromatic rings. The van der Waals surface area contributed by atoms with Crippen LogP contribution in [0, 0.1) is 6.92 Å². The number of hydrogen-bond donors (Lipinski definition) is 3. The number of carbonyl (C=O) groups is 1. The van der Waals surface area contributed by atoms with Crippen molar-refractivity contribution in [2.24, 2.45) is 5.73 Å². The molecule has 0 aliphatic carbocycles. The molecule has 0 saturated carbocycles. The van der Waals surface area contributed by atoms with Crippen molar-refractivity contribution in [3.8, 4) is 28.4 Å². The molecule has 3 rings (SSSR count). The summed E-state index contributed by atoms with van der Waals surface area (Å²) in [4.78, 5) is 11.7. The van der Waals surface area contributed by atoms with E-state index in [9.17, 15) is 15.0 Å². The third-order valence-electron chi connectivity index (χ3n) is 3.56. The number of aromatic hydroxyl groups is 2. The molecular formula is C17H15N3O3. The summed E-state index contributed by atoms with van der Waals surface area (Å²) in [6.07, 6.45) is 0. The third kappa shape index (κ3) is 2.62. The third-order valence-corrected chi connectivity index (χ3v) is 3.56. The summed E-state index contributed by atoms with van der Waals surface area (Å²) >= 11 is 0. The number of nitrogens with two attached hydrogens (primary N) is 1. The molecule has 0 aliphatic heterocycles. The Bertz CT molecular complexity index is 900. The van der Waals surface area contributed by atoms with E-state index < -0.39 is 5.91 Å². The predicted molar refractivity (Wildman–Crippen MR) is 85.6 cm³/mol. The second-order valence-corrected chi connectivity index (χ2v) is 5.18. The van der Waals surface area contributed by atoms with Gasteiger partial charge in [0, 0.05) is 11.6 Å². The lowest BCUT2D eigenvalue weighted by molar-refractivity contribution is 0.0993. The zero-order valence-electron chi connectivity index (χ0n) is 12.4. The number of rotatable bonds is 3. The van der Waals surface area contributed by atoms with Crippen molar-refractivity contribution in [2.45, 2.75) is 6.92 Å². The molecule has 1 heterocycles. The van der Waals surface area contributed by atoms with E-state index in [2.05, 4.69) is 5.10 Å². The molecule has 0 unspecified atom stereocenters. The number of hydrogen-bond acceptors (Lipinski definition) is 4. The first kappa shape index (κ1) is 14.6. The van der Waals surface area contributed by atoms with Crippen LogP contribution in [0.2, 0.25) is 0 Å². The maximum atomic E-state index is 11.7. The highest BCUT2D eigenvalue weighted by Crippen LogP contribution is 2.32. The smallest absolute Gasteiger partial charge is 0.267 e. The van der Waals surface area contributed by atoms with E-state index in [1.54, 1.807) is 0 Å². The van der Waals surface area contributed by atoms with Crippen LogP contribution in [-0.2, 0) is 0 Å². The standard InChI is InChI=1S/C17H15N3O3/c1-10-4-2-3-5-14(10)20-15(17(18)23)9-13(19-20)12-7-6-11(21)8-16(12)22/h2-9,21-22H,1H3,(H2,18,23). The zero-order valence-corrected chi connectivity index (χ0v) is 12.4. The van der Waals surface area contributed by atoms with Gasteiger partial charge in [-0.05, 0) is 36.8 Å². The summed E-state index contributed by atoms with van der Waals surface area (Å²) < 4.78 is 1.46. The van der Waals surface area contributed by atoms with Gasteiger partial charge in [0.25, 0.3) is 5.91 Å². The van der Waals surface area contributed by atoms with Gasteiger partial charge in [-0.3, -0.25) is 4.79 Å². The van der Waals surface area contributed by atoms with Crippen LogP contribution in [0.15, 0.2) is 48.5 Å². The first-order valence-corrected chi connectivity index (χ1v) is 6.95. The molecule has 0 spiro atoms. The highest BCUT2D eigenvalue weighted by Gasteiger charge is 2.18. The van der Waals surface area contributed by atoms with Crippen LogP contribution >= 0.6 is 0 Å². The van der Waals surface area contributed by atoms with E-state index in [0.717, 1.165) is 11.3 Å². The van der Waals surface area contributed by atoms with Gasteiger partial charge in [-0.25, -0.2) is 4.68 Å². The molecule has 6 heteroatoms. The summed E-state index contributed by atoms with van der Waals surface area (Å²) in [6.45, 7) is 1.90. The Hall–Kier alpha value is -3.28. The highest BCUT2D eigenvalue weighted by molar-refractivity contribution is 5.93. The van der Waals surface area contributed by atoms with E-state index in [-0.39, 0.29) is 17.2 Å². The normalized spacial score (nSPS) is 10.7. The number of para-hydroxylation sites is 1. The van der Waals surface area contributed by atoms with Crippen LogP contribution in [-0.4, -0.2) is 25.9 Å². The van der Waals surface area contributed by atoms with E-state index in [4.69, 9.17) is 5.73 Å². The van der Waals surface area contributed by atoms with Crippen molar-refractivity contribution in [3.63, 3.8) is 0 Å². The van der Waals surface area contributed by atoms with Gasteiger partial charge in [0.2, 0.25) is 0 Å². The molecular weight excluding hydrogens is 294 g/mol. The fraction of sp³-hybridized carbons (Fsp3) is 0.0588. The number of benzene rings is 2. The van der Waals surface area contributed by atoms with E-state index in [1.165, 1.54) is 28.9 Å². The van der Waals surface area contributed by atoms with Crippen molar-refractivity contribution in [2.75, 3.05) is 0 Å². The van der Waals surface area contributed by atoms with Gasteiger partial charge in [0.15, 0.2) is 0 Å². The van der Waals surface area contributed by atoms with Gasteiger partial charge >= 0.3 is 0 Å². The maximum absolute atomic E-state index is 11.7. The largest absolute Gasteiger partial charge is 0.508 e. The molecule has 1 aromatic heterocycles. The Morgan fingerprint density at radius 1 is 1.13 bits per heavy atom. The minimum atomic E-state index is -0.620. The predicted octanol–water partition coefficient (Wildman–Crippen LogP) is 2.36. The quantitative estimate of drug-likeness (QED) is 0.691. The second-order valence-electron chi connectivity index (χ2n) is 5.18. The number of nitrogens with zero attached hydrogens (tertiary/aromatic N) is 2. The monoisotopic (exact) mass is 309 g/mol. The molecule has 1 amide bonds. The highest BCUT2D eigenvalue weighted by atomic mass is 16.3. The Balaban J connectivity index is 2.21. The van der Waals surface area contributed by atoms with Crippen molar-refractivity contribution in [1.82, 2.24) is 9.78 Å². The Morgan fingerprint density at radius 3 is 2.52 bits per heavy atom. The van der Waals surface area contributed by atoms with Crippen molar-refractivity contribution in [1.29, 1.82) is 0 Å². The molecule has 116 valence electrons. The molecule has 0 fully saturated rings. The molecule has 23 heavy (non-hydrogen) atoms. The molecule has 0 atom stereocenters. The average molecular weight is 309 g/mol. The number of aromatic nitrogens is 2. The average Bonchev–Trinajstić information content (AvgIpc) is 2.92. The molecule has 0 saturated heterocycles. The van der Waals surface area contributed by atoms with Gasteiger partial charge in [0.05, 0.1) is 11.4 Å². The van der Waals surface area contributed by atoms with Gasteiger partial charge < -0.3 is 15.9 Å². The Kier molecular flexibility index (Phi) is 3.50. The lowest BCUT2D eigenvalue weighted by Gasteiger charge is -2.08.